The molecule has 5 N–H and O–H groups in total. The highest BCUT2D eigenvalue weighted by Gasteiger charge is 2.53. The lowest BCUT2D eigenvalue weighted by Crippen LogP contribution is -2.37. The molecule has 168 valence electrons. The van der Waals surface area contributed by atoms with Crippen LogP contribution in [0.15, 0.2) is 48.8 Å². The summed E-state index contributed by atoms with van der Waals surface area (Å²) >= 11 is 0. The second kappa shape index (κ2) is 7.83. The summed E-state index contributed by atoms with van der Waals surface area (Å²) in [5.41, 5.74) is 8.76. The molecule has 1 aliphatic carbocycles. The van der Waals surface area contributed by atoms with Gasteiger partial charge in [-0.05, 0) is 42.7 Å². The maximum atomic E-state index is 13.4. The summed E-state index contributed by atoms with van der Waals surface area (Å²) < 4.78 is 10.2. The average Bonchev–Trinajstić information content (AvgIpc) is 3.01. The predicted octanol–water partition coefficient (Wildman–Crippen LogP) is 4.10. The lowest BCUT2D eigenvalue weighted by molar-refractivity contribution is -0.158. The van der Waals surface area contributed by atoms with Crippen LogP contribution in [0.3, 0.4) is 0 Å². The van der Waals surface area contributed by atoms with Crippen molar-refractivity contribution in [2.75, 3.05) is 11.1 Å². The Morgan fingerprint density at radius 1 is 1.06 bits per heavy atom. The molecule has 4 rings (SSSR count). The molecule has 0 spiro atoms. The van der Waals surface area contributed by atoms with Crippen LogP contribution in [0.5, 0.6) is 0 Å². The molecule has 10 heteroatoms. The van der Waals surface area contributed by atoms with Crippen LogP contribution in [0.2, 0.25) is 0 Å². The van der Waals surface area contributed by atoms with Crippen LogP contribution in [0, 0.1) is 13.8 Å². The molecule has 1 aromatic heterocycles. The lowest BCUT2D eigenvalue weighted by atomic mass is 9.90. The Bertz CT molecular complexity index is 1300. The number of carboxylic acid groups (broad SMARTS) is 2. The topological polar surface area (TPSA) is 161 Å². The second-order valence-electron chi connectivity index (χ2n) is 7.43. The number of hydrogen-bond acceptors (Lipinski definition) is 7. The van der Waals surface area contributed by atoms with Crippen LogP contribution in [-0.4, -0.2) is 33.4 Å². The fourth-order valence-electron chi connectivity index (χ4n) is 4.10. The molecule has 0 atom stereocenters. The molecule has 0 fully saturated rings. The zero-order valence-corrected chi connectivity index (χ0v) is 17.6. The van der Waals surface area contributed by atoms with Crippen LogP contribution < -0.4 is 11.1 Å². The molecule has 1 amide bonds. The van der Waals surface area contributed by atoms with Gasteiger partial charge in [-0.3, -0.25) is 9.78 Å². The molecule has 0 saturated carbocycles. The van der Waals surface area contributed by atoms with E-state index in [-0.39, 0.29) is 22.4 Å². The van der Waals surface area contributed by atoms with Gasteiger partial charge in [0.15, 0.2) is 0 Å². The number of anilines is 2. The van der Waals surface area contributed by atoms with Gasteiger partial charge in [-0.25, -0.2) is 9.59 Å². The number of amides is 1. The summed E-state index contributed by atoms with van der Waals surface area (Å²) in [6.45, 7) is 3.39. The first kappa shape index (κ1) is 21.6. The van der Waals surface area contributed by atoms with Gasteiger partial charge in [0.1, 0.15) is 0 Å². The highest BCUT2D eigenvalue weighted by Crippen LogP contribution is 2.53. The molecule has 2 aromatic carbocycles. The van der Waals surface area contributed by atoms with E-state index in [0.717, 1.165) is 0 Å². The molecule has 0 radical (unpaired) electrons. The van der Waals surface area contributed by atoms with Gasteiger partial charge < -0.3 is 30.7 Å². The molecular weight excluding hydrogens is 430 g/mol. The molecular formula is C23H19N3O7. The highest BCUT2D eigenvalue weighted by molar-refractivity contribution is 6.11. The standard InChI is InChI=1S/C23H19N3O7/c1-11-9-14(20(27)26-17-7-8-25-10-16(17)24)18-13-5-3-4-6-15(13)23(32-21(28)29,33-22(30)31)19(18)12(11)2/h3-10H,24H2,1-2H3,(H,28,29)(H,30,31)(H,25,26,27). The van der Waals surface area contributed by atoms with Crippen LogP contribution >= 0.6 is 0 Å². The number of aromatic nitrogens is 1. The number of carbonyl (C=O) groups excluding carboxylic acids is 1. The molecule has 0 saturated heterocycles. The number of rotatable bonds is 4. The minimum atomic E-state index is -2.30. The van der Waals surface area contributed by atoms with E-state index in [1.165, 1.54) is 24.5 Å². The Hall–Kier alpha value is -4.60. The third-order valence-electron chi connectivity index (χ3n) is 5.53. The Morgan fingerprint density at radius 2 is 1.73 bits per heavy atom. The van der Waals surface area contributed by atoms with Crippen molar-refractivity contribution < 1.29 is 34.1 Å². The summed E-state index contributed by atoms with van der Waals surface area (Å²) in [5.74, 6) is -2.84. The number of pyridine rings is 1. The summed E-state index contributed by atoms with van der Waals surface area (Å²) in [5, 5.41) is 21.7. The van der Waals surface area contributed by atoms with E-state index in [4.69, 9.17) is 15.2 Å². The van der Waals surface area contributed by atoms with E-state index in [9.17, 15) is 24.6 Å². The van der Waals surface area contributed by atoms with Crippen molar-refractivity contribution in [3.05, 3.63) is 76.6 Å². The van der Waals surface area contributed by atoms with Crippen molar-refractivity contribution in [2.24, 2.45) is 0 Å². The normalized spacial score (nSPS) is 12.9. The third kappa shape index (κ3) is 3.47. The summed E-state index contributed by atoms with van der Waals surface area (Å²) in [6.07, 6.45) is -0.619. The number of aryl methyl sites for hydroxylation is 1. The molecule has 33 heavy (non-hydrogen) atoms. The minimum Gasteiger partial charge on any atom is -0.450 e. The average molecular weight is 449 g/mol. The van der Waals surface area contributed by atoms with Crippen molar-refractivity contribution in [3.63, 3.8) is 0 Å². The van der Waals surface area contributed by atoms with E-state index in [1.807, 2.05) is 0 Å². The number of fused-ring (bicyclic) bond motifs is 3. The first-order valence-corrected chi connectivity index (χ1v) is 9.75. The molecule has 0 unspecified atom stereocenters. The largest absolute Gasteiger partial charge is 0.509 e. The Morgan fingerprint density at radius 3 is 2.36 bits per heavy atom. The summed E-state index contributed by atoms with van der Waals surface area (Å²) in [7, 11) is 0. The van der Waals surface area contributed by atoms with E-state index in [1.54, 1.807) is 38.1 Å². The maximum Gasteiger partial charge on any atom is 0.509 e. The van der Waals surface area contributed by atoms with Crippen molar-refractivity contribution >= 4 is 29.6 Å². The minimum absolute atomic E-state index is 0.126. The highest BCUT2D eigenvalue weighted by atomic mass is 16.8. The zero-order valence-electron chi connectivity index (χ0n) is 17.6. The fourth-order valence-corrected chi connectivity index (χ4v) is 4.10. The first-order valence-electron chi connectivity index (χ1n) is 9.75. The number of ether oxygens (including phenoxy) is 2. The lowest BCUT2D eigenvalue weighted by Gasteiger charge is -2.29. The van der Waals surface area contributed by atoms with Gasteiger partial charge in [0.2, 0.25) is 0 Å². The number of benzene rings is 2. The van der Waals surface area contributed by atoms with Crippen molar-refractivity contribution in [3.8, 4) is 11.1 Å². The van der Waals surface area contributed by atoms with Gasteiger partial charge in [0, 0.05) is 22.9 Å². The van der Waals surface area contributed by atoms with Crippen LogP contribution in [0.25, 0.3) is 11.1 Å². The number of hydrogen-bond donors (Lipinski definition) is 4. The zero-order chi connectivity index (χ0) is 23.9. The van der Waals surface area contributed by atoms with Crippen molar-refractivity contribution in [2.45, 2.75) is 19.6 Å². The monoisotopic (exact) mass is 449 g/mol. The number of carbonyl (C=O) groups is 3. The number of nitrogens with zero attached hydrogens (tertiary/aromatic N) is 1. The van der Waals surface area contributed by atoms with E-state index >= 15 is 0 Å². The quantitative estimate of drug-likeness (QED) is 0.339. The summed E-state index contributed by atoms with van der Waals surface area (Å²) in [4.78, 5) is 40.6. The predicted molar refractivity (Wildman–Crippen MR) is 117 cm³/mol. The number of nitrogen functional groups attached to an aromatic ring is 1. The SMILES string of the molecule is Cc1cc(C(=O)Nc2ccncc2N)c2c(c1C)C(OC(=O)O)(OC(=O)O)c1ccccc1-2. The first-order chi connectivity index (χ1) is 15.7. The van der Waals surface area contributed by atoms with Crippen LogP contribution in [0.4, 0.5) is 21.0 Å². The molecule has 0 aliphatic heterocycles. The van der Waals surface area contributed by atoms with Crippen molar-refractivity contribution in [1.82, 2.24) is 4.98 Å². The molecule has 3 aromatic rings. The van der Waals surface area contributed by atoms with Crippen LogP contribution in [0.1, 0.15) is 32.6 Å². The number of nitrogens with one attached hydrogen (secondary N) is 1. The molecule has 1 heterocycles. The Balaban J connectivity index is 2.01. The van der Waals surface area contributed by atoms with Gasteiger partial charge in [0.25, 0.3) is 5.91 Å². The van der Waals surface area contributed by atoms with Crippen LogP contribution in [-0.2, 0) is 15.3 Å². The van der Waals surface area contributed by atoms with Gasteiger partial charge in [-0.2, -0.15) is 0 Å². The van der Waals surface area contributed by atoms with E-state index in [2.05, 4.69) is 10.3 Å². The fraction of sp³-hybridized carbons (Fsp3) is 0.130. The third-order valence-corrected chi connectivity index (χ3v) is 5.53. The molecule has 1 aliphatic rings. The maximum absolute atomic E-state index is 13.4. The van der Waals surface area contributed by atoms with E-state index < -0.39 is 24.0 Å². The van der Waals surface area contributed by atoms with Crippen molar-refractivity contribution in [1.29, 1.82) is 0 Å². The number of nitrogens with two attached hydrogens (primary N) is 1. The Kier molecular flexibility index (Phi) is 5.13. The molecule has 10 nitrogen and oxygen atoms in total. The molecule has 0 bridgehead atoms. The Labute approximate surface area is 187 Å². The summed E-state index contributed by atoms with van der Waals surface area (Å²) in [6, 6.07) is 9.58. The van der Waals surface area contributed by atoms with Gasteiger partial charge >= 0.3 is 18.1 Å². The second-order valence-corrected chi connectivity index (χ2v) is 7.43. The van der Waals surface area contributed by atoms with Gasteiger partial charge in [-0.15, -0.1) is 0 Å². The smallest absolute Gasteiger partial charge is 0.450 e. The van der Waals surface area contributed by atoms with Gasteiger partial charge in [0.05, 0.1) is 23.1 Å². The van der Waals surface area contributed by atoms with Gasteiger partial charge in [-0.1, -0.05) is 24.3 Å². The van der Waals surface area contributed by atoms with E-state index in [0.29, 0.717) is 27.9 Å².